The number of allylic oxidation sites excluding steroid dienone is 3. The van der Waals surface area contributed by atoms with Crippen molar-refractivity contribution in [3.05, 3.63) is 22.8 Å². The first-order chi connectivity index (χ1) is 15.3. The van der Waals surface area contributed by atoms with Crippen LogP contribution in [0.2, 0.25) is 0 Å². The lowest BCUT2D eigenvalue weighted by Crippen LogP contribution is -2.63. The van der Waals surface area contributed by atoms with Gasteiger partial charge in [-0.2, -0.15) is 0 Å². The van der Waals surface area contributed by atoms with Crippen molar-refractivity contribution in [2.75, 3.05) is 0 Å². The molecule has 1 N–H and O–H groups in total. The Morgan fingerprint density at radius 3 is 2.33 bits per heavy atom. The molecule has 0 saturated heterocycles. The summed E-state index contributed by atoms with van der Waals surface area (Å²) in [4.78, 5) is 25.6. The highest BCUT2D eigenvalue weighted by Crippen LogP contribution is 2.74. The molecule has 7 atom stereocenters. The highest BCUT2D eigenvalue weighted by Gasteiger charge is 2.68. The van der Waals surface area contributed by atoms with Gasteiger partial charge in [-0.1, -0.05) is 53.2 Å². The van der Waals surface area contributed by atoms with Gasteiger partial charge in [-0.25, -0.2) is 0 Å². The van der Waals surface area contributed by atoms with Crippen molar-refractivity contribution in [1.82, 2.24) is 0 Å². The predicted octanol–water partition coefficient (Wildman–Crippen LogP) is 7.36. The quantitative estimate of drug-likeness (QED) is 0.452. The van der Waals surface area contributed by atoms with E-state index in [1.807, 2.05) is 0 Å². The third-order valence-corrected chi connectivity index (χ3v) is 12.6. The van der Waals surface area contributed by atoms with Crippen LogP contribution in [0.5, 0.6) is 0 Å². The molecule has 0 spiro atoms. The average Bonchev–Trinajstić information content (AvgIpc) is 2.74. The van der Waals surface area contributed by atoms with Crippen LogP contribution < -0.4 is 0 Å². The lowest BCUT2D eigenvalue weighted by atomic mass is 9.34. The van der Waals surface area contributed by atoms with Gasteiger partial charge in [0.1, 0.15) is 5.78 Å². The number of aliphatic carboxylic acids is 1. The van der Waals surface area contributed by atoms with Crippen LogP contribution in [0, 0.1) is 44.8 Å². The zero-order valence-corrected chi connectivity index (χ0v) is 21.9. The highest BCUT2D eigenvalue weighted by molar-refractivity contribution is 5.85. The molecule has 0 aliphatic heterocycles. The Labute approximate surface area is 200 Å². The molecule has 0 radical (unpaired) electrons. The Morgan fingerprint density at radius 2 is 1.67 bits per heavy atom. The molecule has 3 heteroatoms. The van der Waals surface area contributed by atoms with Crippen LogP contribution in [0.15, 0.2) is 22.8 Å². The van der Waals surface area contributed by atoms with Gasteiger partial charge in [0.25, 0.3) is 0 Å². The number of carboxylic acid groups (broad SMARTS) is 1. The van der Waals surface area contributed by atoms with Crippen LogP contribution >= 0.6 is 0 Å². The lowest BCUT2D eigenvalue weighted by Gasteiger charge is -2.69. The number of carbonyl (C=O) groups is 2. The smallest absolute Gasteiger partial charge is 0.314 e. The zero-order chi connectivity index (χ0) is 24.2. The Kier molecular flexibility index (Phi) is 4.85. The third kappa shape index (κ3) is 2.63. The molecule has 3 nitrogen and oxygen atoms in total. The maximum atomic E-state index is 12.9. The summed E-state index contributed by atoms with van der Waals surface area (Å²) in [6.07, 6.45) is 11.0. The van der Waals surface area contributed by atoms with Crippen LogP contribution in [0.3, 0.4) is 0 Å². The van der Waals surface area contributed by atoms with E-state index in [1.165, 1.54) is 16.7 Å². The van der Waals surface area contributed by atoms with E-state index in [4.69, 9.17) is 0 Å². The minimum atomic E-state index is -0.689. The number of carbonyl (C=O) groups excluding carboxylic acids is 1. The fourth-order valence-electron chi connectivity index (χ4n) is 10.0. The fourth-order valence-corrected chi connectivity index (χ4v) is 10.0. The van der Waals surface area contributed by atoms with Gasteiger partial charge >= 0.3 is 5.97 Å². The van der Waals surface area contributed by atoms with Crippen LogP contribution in [0.4, 0.5) is 0 Å². The third-order valence-electron chi connectivity index (χ3n) is 12.6. The van der Waals surface area contributed by atoms with E-state index in [9.17, 15) is 14.7 Å². The number of carboxylic acids is 1. The minimum Gasteiger partial charge on any atom is -0.481 e. The molecule has 3 fully saturated rings. The zero-order valence-electron chi connectivity index (χ0n) is 21.9. The number of hydrogen-bond donors (Lipinski definition) is 1. The Hall–Kier alpha value is -1.38. The van der Waals surface area contributed by atoms with Gasteiger partial charge in [0.15, 0.2) is 0 Å². The first kappa shape index (κ1) is 23.4. The molecule has 0 bridgehead atoms. The Bertz CT molecular complexity index is 985. The lowest BCUT2D eigenvalue weighted by molar-refractivity contribution is -0.179. The van der Waals surface area contributed by atoms with E-state index in [0.717, 1.165) is 51.4 Å². The molecule has 3 saturated carbocycles. The molecule has 0 amide bonds. The standard InChI is InChI=1S/C30H44O3/c1-18-10-15-30(25(32)33)17-16-28(6)20(24(30)19(18)2)8-9-22-27(5)13-12-23(31)26(3,4)21(27)11-14-29(22,28)7/h8,18,21-22H,9-17H2,1-7H3,(H,32,33)/t18-,21+,22-,27+,28-,29-,30+/m1/s1. The normalized spacial score (nSPS) is 48.8. The van der Waals surface area contributed by atoms with Gasteiger partial charge < -0.3 is 5.11 Å². The van der Waals surface area contributed by atoms with Gasteiger partial charge in [-0.15, -0.1) is 0 Å². The van der Waals surface area contributed by atoms with Gasteiger partial charge in [-0.05, 0) is 103 Å². The summed E-state index contributed by atoms with van der Waals surface area (Å²) < 4.78 is 0. The number of fused-ring (bicyclic) bond motifs is 7. The number of ketones is 1. The van der Waals surface area contributed by atoms with E-state index in [-0.39, 0.29) is 21.7 Å². The summed E-state index contributed by atoms with van der Waals surface area (Å²) in [7, 11) is 0. The average molecular weight is 453 g/mol. The van der Waals surface area contributed by atoms with Crippen molar-refractivity contribution in [1.29, 1.82) is 0 Å². The van der Waals surface area contributed by atoms with Crippen molar-refractivity contribution >= 4 is 11.8 Å². The summed E-state index contributed by atoms with van der Waals surface area (Å²) in [6.45, 7) is 16.4. The van der Waals surface area contributed by atoms with Gasteiger partial charge in [0, 0.05) is 11.8 Å². The second kappa shape index (κ2) is 6.85. The van der Waals surface area contributed by atoms with E-state index in [1.54, 1.807) is 0 Å². The molecule has 5 aliphatic carbocycles. The summed E-state index contributed by atoms with van der Waals surface area (Å²) in [6, 6.07) is 0. The molecule has 5 rings (SSSR count). The summed E-state index contributed by atoms with van der Waals surface area (Å²) in [5.41, 5.74) is 3.29. The number of Topliss-reactive ketones (excluding diaryl/α,β-unsaturated/α-hetero) is 1. The minimum absolute atomic E-state index is 0.00208. The van der Waals surface area contributed by atoms with Crippen LogP contribution in [-0.2, 0) is 9.59 Å². The highest BCUT2D eigenvalue weighted by atomic mass is 16.4. The van der Waals surface area contributed by atoms with Crippen LogP contribution in [-0.4, -0.2) is 16.9 Å². The SMILES string of the molecule is CC1=C2C3=CC[C@@H]4[C@@]5(C)CCC(=O)C(C)(C)[C@@H]5CC[C@@]4(C)[C@]3(C)CC[C@@]2(C(=O)O)CC[C@H]1C. The molecule has 33 heavy (non-hydrogen) atoms. The number of hydrogen-bond acceptors (Lipinski definition) is 2. The molecular formula is C30H44O3. The molecule has 182 valence electrons. The van der Waals surface area contributed by atoms with Crippen molar-refractivity contribution in [2.24, 2.45) is 44.8 Å². The molecule has 0 unspecified atom stereocenters. The molecular weight excluding hydrogens is 408 g/mol. The Balaban J connectivity index is 1.66. The molecule has 0 aromatic heterocycles. The second-order valence-electron chi connectivity index (χ2n) is 13.8. The van der Waals surface area contributed by atoms with Gasteiger partial charge in [-0.3, -0.25) is 9.59 Å². The first-order valence-corrected chi connectivity index (χ1v) is 13.4. The Morgan fingerprint density at radius 1 is 0.970 bits per heavy atom. The van der Waals surface area contributed by atoms with E-state index < -0.39 is 11.4 Å². The fraction of sp³-hybridized carbons (Fsp3) is 0.800. The topological polar surface area (TPSA) is 54.4 Å². The van der Waals surface area contributed by atoms with Gasteiger partial charge in [0.2, 0.25) is 0 Å². The monoisotopic (exact) mass is 452 g/mol. The van der Waals surface area contributed by atoms with Crippen LogP contribution in [0.1, 0.15) is 106 Å². The molecule has 0 heterocycles. The summed E-state index contributed by atoms with van der Waals surface area (Å²) in [5, 5.41) is 10.5. The summed E-state index contributed by atoms with van der Waals surface area (Å²) in [5.74, 6) is 1.29. The van der Waals surface area contributed by atoms with Crippen molar-refractivity contribution in [2.45, 2.75) is 106 Å². The predicted molar refractivity (Wildman–Crippen MR) is 132 cm³/mol. The molecule has 0 aromatic rings. The molecule has 0 aromatic carbocycles. The second-order valence-corrected chi connectivity index (χ2v) is 13.8. The van der Waals surface area contributed by atoms with E-state index in [0.29, 0.717) is 30.0 Å². The molecule has 5 aliphatic rings. The summed E-state index contributed by atoms with van der Waals surface area (Å²) >= 11 is 0. The largest absolute Gasteiger partial charge is 0.481 e. The number of rotatable bonds is 1. The van der Waals surface area contributed by atoms with E-state index >= 15 is 0 Å². The first-order valence-electron chi connectivity index (χ1n) is 13.4. The van der Waals surface area contributed by atoms with Gasteiger partial charge in [0.05, 0.1) is 5.41 Å². The van der Waals surface area contributed by atoms with E-state index in [2.05, 4.69) is 54.5 Å². The van der Waals surface area contributed by atoms with Crippen molar-refractivity contribution in [3.8, 4) is 0 Å². The van der Waals surface area contributed by atoms with Crippen molar-refractivity contribution < 1.29 is 14.7 Å². The van der Waals surface area contributed by atoms with Crippen LogP contribution in [0.25, 0.3) is 0 Å². The maximum Gasteiger partial charge on any atom is 0.314 e. The van der Waals surface area contributed by atoms with Crippen molar-refractivity contribution in [3.63, 3.8) is 0 Å². The maximum absolute atomic E-state index is 12.9.